The third-order valence-electron chi connectivity index (χ3n) is 6.62. The zero-order valence-corrected chi connectivity index (χ0v) is 18.0. The molecule has 5 atom stereocenters. The van der Waals surface area contributed by atoms with Crippen molar-refractivity contribution in [1.82, 2.24) is 15.5 Å². The molecule has 4 aliphatic rings. The molecule has 2 bridgehead atoms. The van der Waals surface area contributed by atoms with E-state index in [1.54, 1.807) is 4.90 Å². The maximum Gasteiger partial charge on any atom is 0.246 e. The van der Waals surface area contributed by atoms with Crippen molar-refractivity contribution >= 4 is 17.7 Å². The van der Waals surface area contributed by atoms with Crippen LogP contribution in [0.2, 0.25) is 0 Å². The van der Waals surface area contributed by atoms with E-state index in [1.165, 1.54) is 0 Å². The minimum absolute atomic E-state index is 0.118. The van der Waals surface area contributed by atoms with Crippen LogP contribution in [0.1, 0.15) is 60.3 Å². The molecule has 0 radical (unpaired) electrons. The van der Waals surface area contributed by atoms with Gasteiger partial charge in [0.2, 0.25) is 17.7 Å². The fourth-order valence-electron chi connectivity index (χ4n) is 5.57. The molecular weight excluding hydrogens is 370 g/mol. The van der Waals surface area contributed by atoms with E-state index >= 15 is 0 Å². The van der Waals surface area contributed by atoms with Crippen molar-refractivity contribution < 1.29 is 19.1 Å². The largest absolute Gasteiger partial charge is 0.359 e. The SMILES string of the molecule is CC(C)N1C(=O)[C@@H]2[C@@H](C(=O)NC3CCCC3)[C@H]3C=C[C@@]2(O3)[C@@H]1C(=O)NC(C)(C)C. The van der Waals surface area contributed by atoms with E-state index in [4.69, 9.17) is 4.74 Å². The number of nitrogens with one attached hydrogen (secondary N) is 2. The smallest absolute Gasteiger partial charge is 0.246 e. The zero-order chi connectivity index (χ0) is 21.1. The third kappa shape index (κ3) is 3.18. The van der Waals surface area contributed by atoms with Crippen molar-refractivity contribution in [3.63, 3.8) is 0 Å². The fourth-order valence-corrected chi connectivity index (χ4v) is 5.57. The van der Waals surface area contributed by atoms with Crippen LogP contribution in [0.5, 0.6) is 0 Å². The lowest BCUT2D eigenvalue weighted by Crippen LogP contribution is -2.59. The first kappa shape index (κ1) is 20.4. The lowest BCUT2D eigenvalue weighted by molar-refractivity contribution is -0.144. The average molecular weight is 404 g/mol. The van der Waals surface area contributed by atoms with E-state index in [-0.39, 0.29) is 29.8 Å². The summed E-state index contributed by atoms with van der Waals surface area (Å²) in [4.78, 5) is 41.6. The summed E-state index contributed by atoms with van der Waals surface area (Å²) in [6, 6.07) is -0.767. The monoisotopic (exact) mass is 403 g/mol. The van der Waals surface area contributed by atoms with Crippen molar-refractivity contribution in [3.8, 4) is 0 Å². The Balaban J connectivity index is 1.66. The minimum atomic E-state index is -1.07. The molecule has 3 amide bonds. The number of amides is 3. The lowest BCUT2D eigenvalue weighted by Gasteiger charge is -2.36. The maximum absolute atomic E-state index is 13.5. The van der Waals surface area contributed by atoms with Crippen LogP contribution in [0, 0.1) is 11.8 Å². The average Bonchev–Trinajstić information content (AvgIpc) is 3.34. The summed E-state index contributed by atoms with van der Waals surface area (Å²) in [7, 11) is 0. The summed E-state index contributed by atoms with van der Waals surface area (Å²) in [5.41, 5.74) is -1.50. The summed E-state index contributed by atoms with van der Waals surface area (Å²) in [5.74, 6) is -1.75. The van der Waals surface area contributed by atoms with E-state index in [9.17, 15) is 14.4 Å². The summed E-state index contributed by atoms with van der Waals surface area (Å²) >= 11 is 0. The number of carbonyl (C=O) groups is 3. The highest BCUT2D eigenvalue weighted by molar-refractivity contribution is 6.00. The molecule has 2 N–H and O–H groups in total. The Morgan fingerprint density at radius 3 is 2.45 bits per heavy atom. The predicted octanol–water partition coefficient (Wildman–Crippen LogP) is 1.52. The van der Waals surface area contributed by atoms with E-state index in [0.29, 0.717) is 0 Å². The van der Waals surface area contributed by atoms with Gasteiger partial charge in [-0.15, -0.1) is 0 Å². The summed E-state index contributed by atoms with van der Waals surface area (Å²) < 4.78 is 6.29. The quantitative estimate of drug-likeness (QED) is 0.697. The third-order valence-corrected chi connectivity index (χ3v) is 6.62. The van der Waals surface area contributed by atoms with Gasteiger partial charge in [0.1, 0.15) is 11.6 Å². The van der Waals surface area contributed by atoms with Crippen LogP contribution in [-0.4, -0.2) is 58.0 Å². The van der Waals surface area contributed by atoms with Crippen molar-refractivity contribution in [2.75, 3.05) is 0 Å². The van der Waals surface area contributed by atoms with Gasteiger partial charge < -0.3 is 20.3 Å². The molecule has 29 heavy (non-hydrogen) atoms. The number of hydrogen-bond donors (Lipinski definition) is 2. The molecule has 1 aliphatic carbocycles. The number of hydrogen-bond acceptors (Lipinski definition) is 4. The van der Waals surface area contributed by atoms with Gasteiger partial charge in [0.15, 0.2) is 0 Å². The second-order valence-corrected chi connectivity index (χ2v) is 10.3. The molecule has 160 valence electrons. The molecule has 3 aliphatic heterocycles. The highest BCUT2D eigenvalue weighted by atomic mass is 16.5. The summed E-state index contributed by atoms with van der Waals surface area (Å²) in [5, 5.41) is 6.15. The Hall–Kier alpha value is -1.89. The van der Waals surface area contributed by atoms with Crippen molar-refractivity contribution in [1.29, 1.82) is 0 Å². The molecule has 0 unspecified atom stereocenters. The minimum Gasteiger partial charge on any atom is -0.359 e. The number of nitrogens with zero attached hydrogens (tertiary/aromatic N) is 1. The van der Waals surface area contributed by atoms with Crippen LogP contribution in [-0.2, 0) is 19.1 Å². The Bertz CT molecular complexity index is 750. The first-order valence-electron chi connectivity index (χ1n) is 10.9. The number of rotatable bonds is 4. The number of ether oxygens (including phenoxy) is 1. The van der Waals surface area contributed by atoms with Gasteiger partial charge in [0, 0.05) is 17.6 Å². The van der Waals surface area contributed by atoms with Crippen molar-refractivity contribution in [2.24, 2.45) is 11.8 Å². The molecule has 1 spiro atoms. The topological polar surface area (TPSA) is 87.7 Å². The Labute approximate surface area is 172 Å². The molecule has 3 heterocycles. The number of likely N-dealkylation sites (tertiary alicyclic amines) is 1. The molecule has 0 aromatic carbocycles. The molecule has 0 aromatic heterocycles. The van der Waals surface area contributed by atoms with Crippen molar-refractivity contribution in [3.05, 3.63) is 12.2 Å². The van der Waals surface area contributed by atoms with Gasteiger partial charge >= 0.3 is 0 Å². The molecule has 2 saturated heterocycles. The van der Waals surface area contributed by atoms with Gasteiger partial charge in [-0.05, 0) is 47.5 Å². The second kappa shape index (κ2) is 6.83. The zero-order valence-electron chi connectivity index (χ0n) is 18.0. The van der Waals surface area contributed by atoms with Gasteiger partial charge in [0.25, 0.3) is 0 Å². The first-order chi connectivity index (χ1) is 13.5. The van der Waals surface area contributed by atoms with E-state index in [0.717, 1.165) is 25.7 Å². The molecule has 0 aromatic rings. The van der Waals surface area contributed by atoms with Crippen LogP contribution in [0.4, 0.5) is 0 Å². The van der Waals surface area contributed by atoms with Gasteiger partial charge in [-0.2, -0.15) is 0 Å². The van der Waals surface area contributed by atoms with E-state index in [1.807, 2.05) is 46.8 Å². The summed E-state index contributed by atoms with van der Waals surface area (Å²) in [6.45, 7) is 9.54. The van der Waals surface area contributed by atoms with Gasteiger partial charge in [-0.25, -0.2) is 0 Å². The van der Waals surface area contributed by atoms with Crippen LogP contribution in [0.3, 0.4) is 0 Å². The standard InChI is InChI=1S/C22H33N3O4/c1-12(2)25-17(19(27)24-21(3,4)5)22-11-10-14(29-22)15(16(22)20(25)28)18(26)23-13-8-6-7-9-13/h10-17H,6-9H2,1-5H3,(H,23,26)(H,24,27)/t14-,15+,16+,17+,22+/m1/s1. The predicted molar refractivity (Wildman–Crippen MR) is 108 cm³/mol. The highest BCUT2D eigenvalue weighted by Crippen LogP contribution is 2.55. The molecule has 3 fully saturated rings. The Morgan fingerprint density at radius 2 is 1.86 bits per heavy atom. The molecule has 1 saturated carbocycles. The van der Waals surface area contributed by atoms with Crippen molar-refractivity contribution in [2.45, 2.75) is 95.7 Å². The normalized spacial score (nSPS) is 36.2. The van der Waals surface area contributed by atoms with Crippen LogP contribution in [0.25, 0.3) is 0 Å². The Kier molecular flexibility index (Phi) is 4.80. The van der Waals surface area contributed by atoms with Gasteiger partial charge in [0.05, 0.1) is 17.9 Å². The summed E-state index contributed by atoms with van der Waals surface area (Å²) in [6.07, 6.45) is 7.48. The highest BCUT2D eigenvalue weighted by Gasteiger charge is 2.73. The van der Waals surface area contributed by atoms with Crippen LogP contribution >= 0.6 is 0 Å². The fraction of sp³-hybridized carbons (Fsp3) is 0.773. The second-order valence-electron chi connectivity index (χ2n) is 10.3. The van der Waals surface area contributed by atoms with E-state index < -0.39 is 35.1 Å². The molecule has 7 heteroatoms. The van der Waals surface area contributed by atoms with Gasteiger partial charge in [-0.3, -0.25) is 14.4 Å². The molecular formula is C22H33N3O4. The van der Waals surface area contributed by atoms with Crippen LogP contribution < -0.4 is 10.6 Å². The number of fused-ring (bicyclic) bond motifs is 1. The number of carbonyl (C=O) groups excluding carboxylic acids is 3. The van der Waals surface area contributed by atoms with Crippen LogP contribution in [0.15, 0.2) is 12.2 Å². The Morgan fingerprint density at radius 1 is 1.21 bits per heavy atom. The van der Waals surface area contributed by atoms with Gasteiger partial charge in [-0.1, -0.05) is 25.0 Å². The van der Waals surface area contributed by atoms with E-state index in [2.05, 4.69) is 10.6 Å². The first-order valence-corrected chi connectivity index (χ1v) is 10.9. The molecule has 4 rings (SSSR count). The molecule has 7 nitrogen and oxygen atoms in total. The lowest BCUT2D eigenvalue weighted by atomic mass is 9.74. The maximum atomic E-state index is 13.5.